The molecule has 0 unspecified atom stereocenters. The summed E-state index contributed by atoms with van der Waals surface area (Å²) in [5.74, 6) is 0.187. The SMILES string of the molecule is CCOc1ccc(NC(=O)CCCN2C(=O)C(=Cc3ccccc3OC(F)F)SC2=S)cc1. The molecule has 1 N–H and O–H groups in total. The molecule has 0 atom stereocenters. The standard InChI is InChI=1S/C23H22F2N2O4S2/c1-2-30-17-11-9-16(10-12-17)26-20(28)8-5-13-27-21(29)19(33-23(27)32)14-15-6-3-4-7-18(15)31-22(24)25/h3-4,6-7,9-12,14,22H,2,5,8,13H2,1H3,(H,26,28). The van der Waals surface area contributed by atoms with Crippen LogP contribution in [-0.4, -0.2) is 40.8 Å². The molecular weight excluding hydrogens is 470 g/mol. The number of halogens is 2. The molecule has 33 heavy (non-hydrogen) atoms. The van der Waals surface area contributed by atoms with Crippen molar-refractivity contribution in [1.29, 1.82) is 0 Å². The molecule has 174 valence electrons. The van der Waals surface area contributed by atoms with Gasteiger partial charge in [0.15, 0.2) is 0 Å². The van der Waals surface area contributed by atoms with E-state index >= 15 is 0 Å². The first-order valence-corrected chi connectivity index (χ1v) is 11.4. The number of ether oxygens (including phenoxy) is 2. The maximum Gasteiger partial charge on any atom is 0.387 e. The van der Waals surface area contributed by atoms with E-state index in [9.17, 15) is 18.4 Å². The molecule has 2 aromatic rings. The molecule has 2 amide bonds. The van der Waals surface area contributed by atoms with Crippen molar-refractivity contribution in [3.8, 4) is 11.5 Å². The van der Waals surface area contributed by atoms with Gasteiger partial charge in [-0.05, 0) is 49.8 Å². The summed E-state index contributed by atoms with van der Waals surface area (Å²) in [6, 6.07) is 13.3. The number of para-hydroxylation sites is 1. The minimum absolute atomic E-state index is 0.0243. The molecule has 1 aliphatic heterocycles. The van der Waals surface area contributed by atoms with Gasteiger partial charge in [0.05, 0.1) is 11.5 Å². The minimum atomic E-state index is -2.97. The van der Waals surface area contributed by atoms with Crippen molar-refractivity contribution >= 4 is 51.9 Å². The van der Waals surface area contributed by atoms with Crippen molar-refractivity contribution in [2.24, 2.45) is 0 Å². The highest BCUT2D eigenvalue weighted by Crippen LogP contribution is 2.34. The molecule has 0 bridgehead atoms. The Bertz CT molecular complexity index is 1050. The van der Waals surface area contributed by atoms with Crippen LogP contribution in [0.1, 0.15) is 25.3 Å². The van der Waals surface area contributed by atoms with Gasteiger partial charge in [-0.15, -0.1) is 0 Å². The summed E-state index contributed by atoms with van der Waals surface area (Å²) >= 11 is 6.38. The number of benzene rings is 2. The Balaban J connectivity index is 1.54. The molecule has 1 aliphatic rings. The third-order valence-corrected chi connectivity index (χ3v) is 5.91. The molecule has 1 heterocycles. The maximum absolute atomic E-state index is 12.8. The van der Waals surface area contributed by atoms with Gasteiger partial charge in [-0.1, -0.05) is 42.2 Å². The third kappa shape index (κ3) is 7.00. The molecule has 10 heteroatoms. The number of thiocarbonyl (C=S) groups is 1. The zero-order chi connectivity index (χ0) is 23.8. The van der Waals surface area contributed by atoms with Crippen molar-refractivity contribution in [1.82, 2.24) is 4.90 Å². The zero-order valence-electron chi connectivity index (χ0n) is 17.8. The van der Waals surface area contributed by atoms with Crippen LogP contribution in [0.5, 0.6) is 11.5 Å². The zero-order valence-corrected chi connectivity index (χ0v) is 19.4. The van der Waals surface area contributed by atoms with Crippen LogP contribution in [0, 0.1) is 0 Å². The Morgan fingerprint density at radius 2 is 1.94 bits per heavy atom. The van der Waals surface area contributed by atoms with E-state index in [2.05, 4.69) is 10.1 Å². The van der Waals surface area contributed by atoms with Crippen LogP contribution >= 0.6 is 24.0 Å². The number of hydrogen-bond donors (Lipinski definition) is 1. The Morgan fingerprint density at radius 1 is 1.21 bits per heavy atom. The molecule has 0 spiro atoms. The van der Waals surface area contributed by atoms with E-state index in [1.807, 2.05) is 6.92 Å². The van der Waals surface area contributed by atoms with Crippen LogP contribution in [0.4, 0.5) is 14.5 Å². The van der Waals surface area contributed by atoms with Crippen LogP contribution in [0.25, 0.3) is 6.08 Å². The summed E-state index contributed by atoms with van der Waals surface area (Å²) in [5.41, 5.74) is 1.01. The van der Waals surface area contributed by atoms with E-state index in [0.717, 1.165) is 17.5 Å². The topological polar surface area (TPSA) is 67.9 Å². The van der Waals surface area contributed by atoms with Crippen LogP contribution in [0.3, 0.4) is 0 Å². The second-order valence-corrected chi connectivity index (χ2v) is 8.53. The van der Waals surface area contributed by atoms with Gasteiger partial charge in [0, 0.05) is 24.2 Å². The largest absolute Gasteiger partial charge is 0.494 e. The molecule has 0 saturated carbocycles. The van der Waals surface area contributed by atoms with Gasteiger partial charge >= 0.3 is 6.61 Å². The third-order valence-electron chi connectivity index (χ3n) is 4.53. The van der Waals surface area contributed by atoms with Crippen LogP contribution in [-0.2, 0) is 9.59 Å². The lowest BCUT2D eigenvalue weighted by molar-refractivity contribution is -0.122. The summed E-state index contributed by atoms with van der Waals surface area (Å²) in [5, 5.41) is 2.80. The first-order valence-electron chi connectivity index (χ1n) is 10.2. The number of alkyl halides is 2. The molecule has 1 saturated heterocycles. The first kappa shape index (κ1) is 24.7. The molecule has 0 aliphatic carbocycles. The second kappa shape index (κ2) is 11.8. The van der Waals surface area contributed by atoms with Gasteiger partial charge in [-0.3, -0.25) is 14.5 Å². The number of nitrogens with one attached hydrogen (secondary N) is 1. The molecule has 6 nitrogen and oxygen atoms in total. The molecule has 1 fully saturated rings. The van der Waals surface area contributed by atoms with E-state index < -0.39 is 6.61 Å². The predicted molar refractivity (Wildman–Crippen MR) is 128 cm³/mol. The average molecular weight is 493 g/mol. The lowest BCUT2D eigenvalue weighted by Crippen LogP contribution is -2.29. The fraction of sp³-hybridized carbons (Fsp3) is 0.261. The molecule has 0 aromatic heterocycles. The summed E-state index contributed by atoms with van der Waals surface area (Å²) in [4.78, 5) is 26.7. The monoisotopic (exact) mass is 492 g/mol. The van der Waals surface area contributed by atoms with Crippen molar-refractivity contribution in [3.63, 3.8) is 0 Å². The average Bonchev–Trinajstić information content (AvgIpc) is 3.03. The van der Waals surface area contributed by atoms with Crippen molar-refractivity contribution in [3.05, 3.63) is 59.0 Å². The number of carbonyl (C=O) groups is 2. The van der Waals surface area contributed by atoms with E-state index in [4.69, 9.17) is 17.0 Å². The number of thioether (sulfide) groups is 1. The van der Waals surface area contributed by atoms with Crippen molar-refractivity contribution in [2.75, 3.05) is 18.5 Å². The van der Waals surface area contributed by atoms with E-state index in [1.54, 1.807) is 42.5 Å². The van der Waals surface area contributed by atoms with Crippen molar-refractivity contribution in [2.45, 2.75) is 26.4 Å². The Morgan fingerprint density at radius 3 is 2.64 bits per heavy atom. The van der Waals surface area contributed by atoms with Crippen LogP contribution < -0.4 is 14.8 Å². The summed E-state index contributed by atoms with van der Waals surface area (Å²) in [6.45, 7) is -0.241. The van der Waals surface area contributed by atoms with Gasteiger partial charge in [-0.2, -0.15) is 8.78 Å². The summed E-state index contributed by atoms with van der Waals surface area (Å²) in [7, 11) is 0. The molecular formula is C23H22F2N2O4S2. The van der Waals surface area contributed by atoms with E-state index in [0.29, 0.717) is 33.5 Å². The first-order chi connectivity index (χ1) is 15.9. The Hall–Kier alpha value is -2.98. The quantitative estimate of drug-likeness (QED) is 0.358. The van der Waals surface area contributed by atoms with Gasteiger partial charge in [0.25, 0.3) is 5.91 Å². The smallest absolute Gasteiger partial charge is 0.387 e. The number of hydrogen-bond acceptors (Lipinski definition) is 6. The Kier molecular flexibility index (Phi) is 8.79. The number of anilines is 1. The van der Waals surface area contributed by atoms with E-state index in [1.165, 1.54) is 17.0 Å². The maximum atomic E-state index is 12.8. The number of carbonyl (C=O) groups excluding carboxylic acids is 2. The van der Waals surface area contributed by atoms with Gasteiger partial charge in [0.2, 0.25) is 5.91 Å². The normalized spacial score (nSPS) is 14.8. The predicted octanol–water partition coefficient (Wildman–Crippen LogP) is 5.31. The summed E-state index contributed by atoms with van der Waals surface area (Å²) in [6.07, 6.45) is 2.09. The fourth-order valence-electron chi connectivity index (χ4n) is 3.06. The van der Waals surface area contributed by atoms with Gasteiger partial charge < -0.3 is 14.8 Å². The highest BCUT2D eigenvalue weighted by molar-refractivity contribution is 8.26. The molecule has 2 aromatic carbocycles. The minimum Gasteiger partial charge on any atom is -0.494 e. The van der Waals surface area contributed by atoms with Crippen LogP contribution in [0.15, 0.2) is 53.4 Å². The highest BCUT2D eigenvalue weighted by atomic mass is 32.2. The highest BCUT2D eigenvalue weighted by Gasteiger charge is 2.32. The van der Waals surface area contributed by atoms with Gasteiger partial charge in [0.1, 0.15) is 15.8 Å². The second-order valence-electron chi connectivity index (χ2n) is 6.86. The van der Waals surface area contributed by atoms with Gasteiger partial charge in [-0.25, -0.2) is 0 Å². The fourth-order valence-corrected chi connectivity index (χ4v) is 4.36. The van der Waals surface area contributed by atoms with E-state index in [-0.39, 0.29) is 30.5 Å². The lowest BCUT2D eigenvalue weighted by Gasteiger charge is -2.14. The lowest BCUT2D eigenvalue weighted by atomic mass is 10.2. The van der Waals surface area contributed by atoms with Crippen LogP contribution in [0.2, 0.25) is 0 Å². The summed E-state index contributed by atoms with van der Waals surface area (Å²) < 4.78 is 35.5. The molecule has 0 radical (unpaired) electrons. The number of rotatable bonds is 10. The number of nitrogens with zero attached hydrogens (tertiary/aromatic N) is 1. The Labute approximate surface area is 199 Å². The molecule has 3 rings (SSSR count). The number of amides is 2. The van der Waals surface area contributed by atoms with Crippen molar-refractivity contribution < 1.29 is 27.8 Å².